The standard InChI is InChI=1S/C16H19NO2S/c1-4-19-16(18)15-17-14(10-20-15)13-7-5-12(6-8-13)9-11(2)3/h5-8,10-11H,4,9H2,1-3H3. The predicted octanol–water partition coefficient (Wildman–Crippen LogP) is 4.19. The van der Waals surface area contributed by atoms with E-state index >= 15 is 0 Å². The molecular weight excluding hydrogens is 270 g/mol. The van der Waals surface area contributed by atoms with E-state index < -0.39 is 0 Å². The number of hydrogen-bond acceptors (Lipinski definition) is 4. The first-order valence-corrected chi connectivity index (χ1v) is 7.70. The summed E-state index contributed by atoms with van der Waals surface area (Å²) in [5, 5.41) is 2.30. The molecule has 2 rings (SSSR count). The Hall–Kier alpha value is -1.68. The van der Waals surface area contributed by atoms with Crippen molar-refractivity contribution in [2.75, 3.05) is 6.61 Å². The molecule has 0 N–H and O–H groups in total. The molecule has 0 aliphatic heterocycles. The highest BCUT2D eigenvalue weighted by atomic mass is 32.1. The third-order valence-corrected chi connectivity index (χ3v) is 3.67. The smallest absolute Gasteiger partial charge is 0.367 e. The van der Waals surface area contributed by atoms with Crippen molar-refractivity contribution in [2.45, 2.75) is 27.2 Å². The van der Waals surface area contributed by atoms with Crippen molar-refractivity contribution in [3.05, 3.63) is 40.2 Å². The molecule has 4 heteroatoms. The first-order valence-electron chi connectivity index (χ1n) is 6.82. The van der Waals surface area contributed by atoms with Gasteiger partial charge in [-0.05, 0) is 24.8 Å². The molecule has 0 spiro atoms. The van der Waals surface area contributed by atoms with Gasteiger partial charge in [-0.1, -0.05) is 38.1 Å². The second-order valence-electron chi connectivity index (χ2n) is 5.05. The number of hydrogen-bond donors (Lipinski definition) is 0. The van der Waals surface area contributed by atoms with Crippen molar-refractivity contribution in [3.8, 4) is 11.3 Å². The number of benzene rings is 1. The molecule has 20 heavy (non-hydrogen) atoms. The van der Waals surface area contributed by atoms with Gasteiger partial charge in [0.05, 0.1) is 12.3 Å². The van der Waals surface area contributed by atoms with Gasteiger partial charge in [0.2, 0.25) is 5.01 Å². The van der Waals surface area contributed by atoms with Crippen LogP contribution in [0.2, 0.25) is 0 Å². The van der Waals surface area contributed by atoms with Crippen LogP contribution in [0, 0.1) is 5.92 Å². The number of carbonyl (C=O) groups excluding carboxylic acids is 1. The highest BCUT2D eigenvalue weighted by Gasteiger charge is 2.12. The van der Waals surface area contributed by atoms with Crippen LogP contribution in [0.3, 0.4) is 0 Å². The lowest BCUT2D eigenvalue weighted by molar-refractivity contribution is 0.0526. The quantitative estimate of drug-likeness (QED) is 0.775. The van der Waals surface area contributed by atoms with E-state index in [4.69, 9.17) is 4.74 Å². The molecule has 1 aromatic carbocycles. The lowest BCUT2D eigenvalue weighted by Gasteiger charge is -2.05. The average molecular weight is 289 g/mol. The van der Waals surface area contributed by atoms with Crippen LogP contribution < -0.4 is 0 Å². The predicted molar refractivity (Wildman–Crippen MR) is 82.0 cm³/mol. The van der Waals surface area contributed by atoms with Crippen molar-refractivity contribution in [1.29, 1.82) is 0 Å². The maximum Gasteiger partial charge on any atom is 0.367 e. The van der Waals surface area contributed by atoms with Gasteiger partial charge in [0, 0.05) is 10.9 Å². The maximum atomic E-state index is 11.6. The van der Waals surface area contributed by atoms with Crippen LogP contribution in [0.25, 0.3) is 11.3 Å². The second-order valence-corrected chi connectivity index (χ2v) is 5.91. The van der Waals surface area contributed by atoms with E-state index in [1.807, 2.05) is 5.38 Å². The van der Waals surface area contributed by atoms with Crippen LogP contribution in [-0.4, -0.2) is 17.6 Å². The number of ether oxygens (including phenoxy) is 1. The lowest BCUT2D eigenvalue weighted by atomic mass is 10.0. The molecule has 0 radical (unpaired) electrons. The Morgan fingerprint density at radius 2 is 2.00 bits per heavy atom. The summed E-state index contributed by atoms with van der Waals surface area (Å²) in [7, 11) is 0. The fourth-order valence-corrected chi connectivity index (χ4v) is 2.69. The Bertz CT molecular complexity index is 572. The summed E-state index contributed by atoms with van der Waals surface area (Å²) in [6, 6.07) is 8.36. The van der Waals surface area contributed by atoms with Gasteiger partial charge in [-0.15, -0.1) is 11.3 Å². The molecule has 0 saturated carbocycles. The van der Waals surface area contributed by atoms with E-state index in [0.29, 0.717) is 17.5 Å². The summed E-state index contributed by atoms with van der Waals surface area (Å²) in [5.74, 6) is 0.302. The monoisotopic (exact) mass is 289 g/mol. The topological polar surface area (TPSA) is 39.2 Å². The van der Waals surface area contributed by atoms with Crippen molar-refractivity contribution < 1.29 is 9.53 Å². The van der Waals surface area contributed by atoms with Gasteiger partial charge in [0.15, 0.2) is 0 Å². The Kier molecular flexibility index (Phi) is 4.90. The number of esters is 1. The third-order valence-electron chi connectivity index (χ3n) is 2.85. The minimum atomic E-state index is -0.347. The summed E-state index contributed by atoms with van der Waals surface area (Å²) in [4.78, 5) is 15.9. The summed E-state index contributed by atoms with van der Waals surface area (Å²) >= 11 is 1.32. The van der Waals surface area contributed by atoms with Crippen LogP contribution in [0.1, 0.15) is 36.1 Å². The lowest BCUT2D eigenvalue weighted by Crippen LogP contribution is -2.03. The number of rotatable bonds is 5. The highest BCUT2D eigenvalue weighted by Crippen LogP contribution is 2.23. The largest absolute Gasteiger partial charge is 0.461 e. The van der Waals surface area contributed by atoms with Crippen molar-refractivity contribution in [1.82, 2.24) is 4.98 Å². The first-order chi connectivity index (χ1) is 9.60. The van der Waals surface area contributed by atoms with E-state index in [0.717, 1.165) is 17.7 Å². The molecule has 0 atom stereocenters. The SMILES string of the molecule is CCOC(=O)c1nc(-c2ccc(CC(C)C)cc2)cs1. The van der Waals surface area contributed by atoms with E-state index in [1.165, 1.54) is 16.9 Å². The van der Waals surface area contributed by atoms with Crippen molar-refractivity contribution >= 4 is 17.3 Å². The zero-order chi connectivity index (χ0) is 14.5. The molecule has 0 aliphatic carbocycles. The average Bonchev–Trinajstić information content (AvgIpc) is 2.89. The van der Waals surface area contributed by atoms with Gasteiger partial charge in [-0.25, -0.2) is 9.78 Å². The molecule has 106 valence electrons. The molecular formula is C16H19NO2S. The van der Waals surface area contributed by atoms with Gasteiger partial charge in [0.25, 0.3) is 0 Å². The number of aromatic nitrogens is 1. The molecule has 3 nitrogen and oxygen atoms in total. The Morgan fingerprint density at radius 1 is 1.30 bits per heavy atom. The second kappa shape index (κ2) is 6.66. The molecule has 1 aromatic heterocycles. The summed E-state index contributed by atoms with van der Waals surface area (Å²) in [5.41, 5.74) is 3.18. The van der Waals surface area contributed by atoms with Crippen LogP contribution in [-0.2, 0) is 11.2 Å². The van der Waals surface area contributed by atoms with Crippen molar-refractivity contribution in [2.24, 2.45) is 5.92 Å². The summed E-state index contributed by atoms with van der Waals surface area (Å²) < 4.78 is 4.95. The number of thiazole rings is 1. The van der Waals surface area contributed by atoms with E-state index in [-0.39, 0.29) is 5.97 Å². The van der Waals surface area contributed by atoms with Gasteiger partial charge < -0.3 is 4.74 Å². The minimum Gasteiger partial charge on any atom is -0.461 e. The van der Waals surface area contributed by atoms with Gasteiger partial charge in [-0.2, -0.15) is 0 Å². The number of nitrogens with zero attached hydrogens (tertiary/aromatic N) is 1. The molecule has 0 aliphatic rings. The van der Waals surface area contributed by atoms with Gasteiger partial charge in [-0.3, -0.25) is 0 Å². The zero-order valence-corrected chi connectivity index (χ0v) is 12.9. The highest BCUT2D eigenvalue weighted by molar-refractivity contribution is 7.11. The van der Waals surface area contributed by atoms with Crippen LogP contribution in [0.5, 0.6) is 0 Å². The van der Waals surface area contributed by atoms with E-state index in [1.54, 1.807) is 6.92 Å². The molecule has 1 heterocycles. The minimum absolute atomic E-state index is 0.347. The fourth-order valence-electron chi connectivity index (χ4n) is 1.98. The Labute approximate surface area is 123 Å². The van der Waals surface area contributed by atoms with Gasteiger partial charge >= 0.3 is 5.97 Å². The van der Waals surface area contributed by atoms with E-state index in [9.17, 15) is 4.79 Å². The Balaban J connectivity index is 2.14. The molecule has 0 amide bonds. The van der Waals surface area contributed by atoms with Crippen LogP contribution >= 0.6 is 11.3 Å². The Morgan fingerprint density at radius 3 is 2.60 bits per heavy atom. The van der Waals surface area contributed by atoms with Gasteiger partial charge in [0.1, 0.15) is 0 Å². The van der Waals surface area contributed by atoms with Crippen LogP contribution in [0.4, 0.5) is 0 Å². The summed E-state index contributed by atoms with van der Waals surface area (Å²) in [6.07, 6.45) is 1.07. The maximum absolute atomic E-state index is 11.6. The molecule has 0 bridgehead atoms. The summed E-state index contributed by atoms with van der Waals surface area (Å²) in [6.45, 7) is 6.58. The molecule has 2 aromatic rings. The van der Waals surface area contributed by atoms with Crippen molar-refractivity contribution in [3.63, 3.8) is 0 Å². The fraction of sp³-hybridized carbons (Fsp3) is 0.375. The third kappa shape index (κ3) is 3.67. The normalized spacial score (nSPS) is 10.8. The zero-order valence-electron chi connectivity index (χ0n) is 12.1. The molecule has 0 unspecified atom stereocenters. The van der Waals surface area contributed by atoms with E-state index in [2.05, 4.69) is 43.1 Å². The molecule has 0 fully saturated rings. The van der Waals surface area contributed by atoms with Crippen LogP contribution in [0.15, 0.2) is 29.6 Å². The number of carbonyl (C=O) groups is 1. The molecule has 0 saturated heterocycles. The first kappa shape index (κ1) is 14.7.